The molecule has 5 nitrogen and oxygen atoms in total. The number of aliphatic hydroxyl groups excluding tert-OH is 1. The fraction of sp³-hybridized carbons (Fsp3) is 0.526. The Balaban J connectivity index is 1.81. The molecule has 0 saturated carbocycles. The van der Waals surface area contributed by atoms with Crippen LogP contribution in [0.4, 0.5) is 0 Å². The molecule has 0 saturated heterocycles. The highest BCUT2D eigenvalue weighted by Crippen LogP contribution is 2.30. The van der Waals surface area contributed by atoms with Gasteiger partial charge in [-0.05, 0) is 30.5 Å². The second-order valence-electron chi connectivity index (χ2n) is 6.99. The molecule has 3 rings (SSSR count). The van der Waals surface area contributed by atoms with Gasteiger partial charge in [0.05, 0.1) is 12.3 Å². The molecule has 0 fully saturated rings. The van der Waals surface area contributed by atoms with Crippen molar-refractivity contribution in [2.45, 2.75) is 40.0 Å². The Bertz CT molecular complexity index is 709. The molecule has 1 aromatic carbocycles. The average molecular weight is 329 g/mol. The summed E-state index contributed by atoms with van der Waals surface area (Å²) in [4.78, 5) is 2.38. The molecule has 0 radical (unpaired) electrons. The van der Waals surface area contributed by atoms with Crippen LogP contribution in [0.2, 0.25) is 0 Å². The van der Waals surface area contributed by atoms with E-state index in [1.165, 1.54) is 11.3 Å². The van der Waals surface area contributed by atoms with Gasteiger partial charge in [0, 0.05) is 43.5 Å². The number of benzene rings is 1. The summed E-state index contributed by atoms with van der Waals surface area (Å²) in [5.74, 6) is 1.13. The van der Waals surface area contributed by atoms with Crippen molar-refractivity contribution in [2.75, 3.05) is 13.2 Å². The van der Waals surface area contributed by atoms with Crippen LogP contribution in [0.1, 0.15) is 42.3 Å². The maximum atomic E-state index is 10.3. The van der Waals surface area contributed by atoms with E-state index in [0.29, 0.717) is 6.61 Å². The summed E-state index contributed by atoms with van der Waals surface area (Å²) in [5, 5.41) is 14.7. The molecule has 0 aliphatic carbocycles. The Kier molecular flexibility index (Phi) is 4.92. The van der Waals surface area contributed by atoms with Crippen LogP contribution in [-0.2, 0) is 20.1 Å². The lowest BCUT2D eigenvalue weighted by Gasteiger charge is -2.20. The highest BCUT2D eigenvalue weighted by molar-refractivity contribution is 5.39. The number of aliphatic hydroxyl groups is 1. The fourth-order valence-electron chi connectivity index (χ4n) is 3.11. The molecule has 0 spiro atoms. The smallest absolute Gasteiger partial charge is 0.123 e. The Morgan fingerprint density at radius 1 is 1.33 bits per heavy atom. The molecule has 0 bridgehead atoms. The van der Waals surface area contributed by atoms with Gasteiger partial charge in [0.1, 0.15) is 12.4 Å². The van der Waals surface area contributed by atoms with Crippen molar-refractivity contribution in [3.63, 3.8) is 0 Å². The molecule has 1 N–H and O–H groups in total. The number of rotatable bonds is 4. The normalized spacial score (nSPS) is 16.6. The molecule has 0 amide bonds. The van der Waals surface area contributed by atoms with Crippen LogP contribution >= 0.6 is 0 Å². The van der Waals surface area contributed by atoms with E-state index in [2.05, 4.69) is 23.0 Å². The van der Waals surface area contributed by atoms with Gasteiger partial charge >= 0.3 is 0 Å². The summed E-state index contributed by atoms with van der Waals surface area (Å²) in [6, 6.07) is 6.06. The summed E-state index contributed by atoms with van der Waals surface area (Å²) in [6.45, 7) is 9.40. The first-order valence-corrected chi connectivity index (χ1v) is 8.59. The van der Waals surface area contributed by atoms with Crippen molar-refractivity contribution < 1.29 is 9.84 Å². The lowest BCUT2D eigenvalue weighted by molar-refractivity contribution is 0.126. The molecule has 2 heterocycles. The number of aryl methyl sites for hydroxylation is 1. The van der Waals surface area contributed by atoms with E-state index in [0.717, 1.165) is 36.5 Å². The first kappa shape index (κ1) is 17.0. The molecule has 1 aliphatic rings. The van der Waals surface area contributed by atoms with Crippen molar-refractivity contribution in [2.24, 2.45) is 13.0 Å². The SMILES string of the molecule is Cc1c(CN2CCOc3ccc(C(O)C(C)C)cc3C2)cnn1C. The van der Waals surface area contributed by atoms with Crippen LogP contribution in [0.3, 0.4) is 0 Å². The molecule has 5 heteroatoms. The van der Waals surface area contributed by atoms with E-state index in [1.54, 1.807) is 0 Å². The summed E-state index contributed by atoms with van der Waals surface area (Å²) >= 11 is 0. The van der Waals surface area contributed by atoms with Gasteiger partial charge in [0.2, 0.25) is 0 Å². The van der Waals surface area contributed by atoms with E-state index in [9.17, 15) is 5.11 Å². The zero-order chi connectivity index (χ0) is 17.3. The summed E-state index contributed by atoms with van der Waals surface area (Å²) < 4.78 is 7.81. The lowest BCUT2D eigenvalue weighted by atomic mass is 9.97. The van der Waals surface area contributed by atoms with Crippen molar-refractivity contribution in [1.82, 2.24) is 14.7 Å². The molecular formula is C19H27N3O2. The van der Waals surface area contributed by atoms with E-state index >= 15 is 0 Å². The largest absolute Gasteiger partial charge is 0.492 e. The second kappa shape index (κ2) is 6.95. The summed E-state index contributed by atoms with van der Waals surface area (Å²) in [6.07, 6.45) is 1.51. The maximum absolute atomic E-state index is 10.3. The maximum Gasteiger partial charge on any atom is 0.123 e. The third-order valence-electron chi connectivity index (χ3n) is 4.85. The summed E-state index contributed by atoms with van der Waals surface area (Å²) in [5.41, 5.74) is 4.56. The van der Waals surface area contributed by atoms with E-state index in [1.807, 2.05) is 43.9 Å². The first-order valence-electron chi connectivity index (χ1n) is 8.59. The standard InChI is InChI=1S/C19H27N3O2/c1-13(2)19(23)15-5-6-18-16(9-15)11-22(7-8-24-18)12-17-10-20-21(4)14(17)3/h5-6,9-10,13,19,23H,7-8,11-12H2,1-4H3. The Hall–Kier alpha value is -1.85. The molecule has 1 atom stereocenters. The third kappa shape index (κ3) is 3.47. The van der Waals surface area contributed by atoms with Crippen molar-refractivity contribution >= 4 is 0 Å². The van der Waals surface area contributed by atoms with Gasteiger partial charge in [-0.25, -0.2) is 0 Å². The molecule has 2 aromatic rings. The minimum atomic E-state index is -0.437. The van der Waals surface area contributed by atoms with Gasteiger partial charge in [-0.15, -0.1) is 0 Å². The van der Waals surface area contributed by atoms with Gasteiger partial charge < -0.3 is 9.84 Å². The van der Waals surface area contributed by atoms with Gasteiger partial charge in [0.15, 0.2) is 0 Å². The fourth-order valence-corrected chi connectivity index (χ4v) is 3.11. The predicted octanol–water partition coefficient (Wildman–Crippen LogP) is 2.81. The van der Waals surface area contributed by atoms with Crippen LogP contribution in [0.5, 0.6) is 5.75 Å². The Labute approximate surface area is 143 Å². The van der Waals surface area contributed by atoms with Crippen LogP contribution in [0.15, 0.2) is 24.4 Å². The average Bonchev–Trinajstić information content (AvgIpc) is 2.76. The quantitative estimate of drug-likeness (QED) is 0.937. The number of fused-ring (bicyclic) bond motifs is 1. The predicted molar refractivity (Wildman–Crippen MR) is 93.8 cm³/mol. The van der Waals surface area contributed by atoms with Gasteiger partial charge in [-0.2, -0.15) is 5.10 Å². The Morgan fingerprint density at radius 3 is 2.79 bits per heavy atom. The molecule has 1 aromatic heterocycles. The van der Waals surface area contributed by atoms with Gasteiger partial charge in [-0.3, -0.25) is 9.58 Å². The number of aromatic nitrogens is 2. The van der Waals surface area contributed by atoms with Crippen LogP contribution in [0.25, 0.3) is 0 Å². The van der Waals surface area contributed by atoms with E-state index in [4.69, 9.17) is 4.74 Å². The molecular weight excluding hydrogens is 302 g/mol. The monoisotopic (exact) mass is 329 g/mol. The zero-order valence-electron chi connectivity index (χ0n) is 15.0. The van der Waals surface area contributed by atoms with Gasteiger partial charge in [-0.1, -0.05) is 19.9 Å². The minimum Gasteiger partial charge on any atom is -0.492 e. The number of hydrogen-bond donors (Lipinski definition) is 1. The topological polar surface area (TPSA) is 50.5 Å². The highest BCUT2D eigenvalue weighted by Gasteiger charge is 2.20. The van der Waals surface area contributed by atoms with Crippen LogP contribution < -0.4 is 4.74 Å². The first-order chi connectivity index (χ1) is 11.5. The highest BCUT2D eigenvalue weighted by atomic mass is 16.5. The van der Waals surface area contributed by atoms with Crippen molar-refractivity contribution in [1.29, 1.82) is 0 Å². The molecule has 130 valence electrons. The number of hydrogen-bond acceptors (Lipinski definition) is 4. The third-order valence-corrected chi connectivity index (χ3v) is 4.85. The minimum absolute atomic E-state index is 0.198. The number of ether oxygens (including phenoxy) is 1. The van der Waals surface area contributed by atoms with Crippen LogP contribution in [0, 0.1) is 12.8 Å². The lowest BCUT2D eigenvalue weighted by Crippen LogP contribution is -2.25. The van der Waals surface area contributed by atoms with Crippen molar-refractivity contribution in [3.8, 4) is 5.75 Å². The van der Waals surface area contributed by atoms with E-state index < -0.39 is 6.10 Å². The molecule has 24 heavy (non-hydrogen) atoms. The zero-order valence-corrected chi connectivity index (χ0v) is 15.0. The van der Waals surface area contributed by atoms with Crippen molar-refractivity contribution in [3.05, 3.63) is 46.8 Å². The summed E-state index contributed by atoms with van der Waals surface area (Å²) in [7, 11) is 1.97. The van der Waals surface area contributed by atoms with E-state index in [-0.39, 0.29) is 5.92 Å². The Morgan fingerprint density at radius 2 is 2.12 bits per heavy atom. The molecule has 1 unspecified atom stereocenters. The van der Waals surface area contributed by atoms with Gasteiger partial charge in [0.25, 0.3) is 0 Å². The second-order valence-corrected chi connectivity index (χ2v) is 6.99. The van der Waals surface area contributed by atoms with Crippen LogP contribution in [-0.4, -0.2) is 32.9 Å². The molecule has 1 aliphatic heterocycles. The number of nitrogens with zero attached hydrogens (tertiary/aromatic N) is 3.